The Bertz CT molecular complexity index is 1260. The van der Waals surface area contributed by atoms with Gasteiger partial charge in [-0.05, 0) is 68.8 Å². The minimum absolute atomic E-state index is 0.0553. The number of aromatic nitrogens is 1. The third kappa shape index (κ3) is 6.30. The molecule has 1 fully saturated rings. The Morgan fingerprint density at radius 1 is 1.17 bits per heavy atom. The number of ether oxygens (including phenoxy) is 1. The number of rotatable bonds is 8. The molecule has 1 aliphatic carbocycles. The molecule has 2 aliphatic rings. The minimum Gasteiger partial charge on any atom is -0.439 e. The topological polar surface area (TPSA) is 74.8 Å². The van der Waals surface area contributed by atoms with Crippen molar-refractivity contribution < 1.29 is 13.2 Å². The Morgan fingerprint density at radius 3 is 2.61 bits per heavy atom. The van der Waals surface area contributed by atoms with E-state index in [1.54, 1.807) is 13.1 Å². The van der Waals surface area contributed by atoms with Gasteiger partial charge in [0, 0.05) is 50.0 Å². The average Bonchev–Trinajstić information content (AvgIpc) is 2.86. The van der Waals surface area contributed by atoms with Gasteiger partial charge < -0.3 is 9.64 Å². The van der Waals surface area contributed by atoms with Gasteiger partial charge in [-0.3, -0.25) is 4.90 Å². The molecule has 0 bridgehead atoms. The summed E-state index contributed by atoms with van der Waals surface area (Å²) in [4.78, 5) is 9.37. The fourth-order valence-electron chi connectivity index (χ4n) is 4.57. The summed E-state index contributed by atoms with van der Waals surface area (Å²) in [5.74, 6) is 1.25. The highest BCUT2D eigenvalue weighted by molar-refractivity contribution is 7.89. The van der Waals surface area contributed by atoms with E-state index in [1.165, 1.54) is 18.2 Å². The first kappa shape index (κ1) is 27.1. The Hall–Kier alpha value is -1.94. The molecule has 10 heteroatoms. The van der Waals surface area contributed by atoms with Gasteiger partial charge >= 0.3 is 0 Å². The van der Waals surface area contributed by atoms with E-state index in [1.807, 2.05) is 19.1 Å². The van der Waals surface area contributed by atoms with Crippen molar-refractivity contribution in [3.63, 3.8) is 0 Å². The molecule has 1 aromatic carbocycles. The molecule has 36 heavy (non-hydrogen) atoms. The molecule has 2 aromatic rings. The first-order valence-electron chi connectivity index (χ1n) is 12.1. The summed E-state index contributed by atoms with van der Waals surface area (Å²) in [6, 6.07) is 5.86. The van der Waals surface area contributed by atoms with Crippen LogP contribution in [0.25, 0.3) is 0 Å². The van der Waals surface area contributed by atoms with Crippen LogP contribution in [0.3, 0.4) is 0 Å². The van der Waals surface area contributed by atoms with Crippen LogP contribution in [0, 0.1) is 0 Å². The molecule has 0 amide bonds. The van der Waals surface area contributed by atoms with Gasteiger partial charge in [0.05, 0.1) is 14.9 Å². The number of hydrogen-bond acceptors (Lipinski definition) is 6. The number of nitrogens with one attached hydrogen (secondary N) is 1. The number of pyridine rings is 1. The first-order chi connectivity index (χ1) is 17.2. The van der Waals surface area contributed by atoms with Crippen LogP contribution >= 0.6 is 23.2 Å². The molecular weight excluding hydrogens is 519 g/mol. The molecule has 0 saturated carbocycles. The monoisotopic (exact) mass is 550 g/mol. The molecule has 0 spiro atoms. The number of benzene rings is 1. The van der Waals surface area contributed by atoms with Crippen molar-refractivity contribution in [2.75, 3.05) is 33.2 Å². The molecule has 1 N–H and O–H groups in total. The molecular formula is C26H32Cl2N4O3S. The Morgan fingerprint density at radius 2 is 1.92 bits per heavy atom. The van der Waals surface area contributed by atoms with E-state index >= 15 is 0 Å². The van der Waals surface area contributed by atoms with Gasteiger partial charge in [0.25, 0.3) is 0 Å². The van der Waals surface area contributed by atoms with E-state index in [-0.39, 0.29) is 9.92 Å². The molecule has 0 radical (unpaired) electrons. The van der Waals surface area contributed by atoms with E-state index in [0.717, 1.165) is 49.5 Å². The highest BCUT2D eigenvalue weighted by atomic mass is 35.5. The summed E-state index contributed by atoms with van der Waals surface area (Å²) in [5, 5.41) is 0.485. The van der Waals surface area contributed by atoms with E-state index in [2.05, 4.69) is 38.7 Å². The van der Waals surface area contributed by atoms with Crippen molar-refractivity contribution in [1.82, 2.24) is 19.5 Å². The van der Waals surface area contributed by atoms with Gasteiger partial charge in [-0.1, -0.05) is 36.2 Å². The predicted octanol–water partition coefficient (Wildman–Crippen LogP) is 4.83. The number of piperazine rings is 1. The van der Waals surface area contributed by atoms with Gasteiger partial charge in [0.2, 0.25) is 15.9 Å². The van der Waals surface area contributed by atoms with Gasteiger partial charge in [0.15, 0.2) is 0 Å². The molecule has 1 aromatic heterocycles. The van der Waals surface area contributed by atoms with Crippen LogP contribution in [0.15, 0.2) is 59.3 Å². The van der Waals surface area contributed by atoms with Crippen molar-refractivity contribution in [1.29, 1.82) is 0 Å². The Balaban J connectivity index is 1.53. The largest absolute Gasteiger partial charge is 0.439 e. The fourth-order valence-corrected chi connectivity index (χ4v) is 6.18. The summed E-state index contributed by atoms with van der Waals surface area (Å²) >= 11 is 12.0. The van der Waals surface area contributed by atoms with Crippen LogP contribution in [0.1, 0.15) is 37.4 Å². The molecule has 4 rings (SSSR count). The van der Waals surface area contributed by atoms with Crippen molar-refractivity contribution >= 4 is 33.2 Å². The zero-order valence-corrected chi connectivity index (χ0v) is 23.1. The van der Waals surface area contributed by atoms with Crippen molar-refractivity contribution in [3.05, 3.63) is 75.6 Å². The number of nitrogens with zero attached hydrogens (tertiary/aromatic N) is 3. The maximum absolute atomic E-state index is 13.0. The normalized spacial score (nSPS) is 20.2. The van der Waals surface area contributed by atoms with Crippen LogP contribution in [0.4, 0.5) is 0 Å². The maximum atomic E-state index is 13.0. The quantitative estimate of drug-likeness (QED) is 0.507. The van der Waals surface area contributed by atoms with Gasteiger partial charge in [0.1, 0.15) is 5.76 Å². The van der Waals surface area contributed by atoms with E-state index in [9.17, 15) is 8.42 Å². The molecule has 1 aliphatic heterocycles. The van der Waals surface area contributed by atoms with Crippen LogP contribution in [-0.4, -0.2) is 62.5 Å². The lowest BCUT2D eigenvalue weighted by Gasteiger charge is -2.37. The summed E-state index contributed by atoms with van der Waals surface area (Å²) in [7, 11) is -1.67. The smallest absolute Gasteiger partial charge is 0.241 e. The third-order valence-corrected chi connectivity index (χ3v) is 8.92. The Kier molecular flexibility index (Phi) is 8.75. The van der Waals surface area contributed by atoms with E-state index in [4.69, 9.17) is 27.9 Å². The molecule has 1 saturated heterocycles. The van der Waals surface area contributed by atoms with Crippen molar-refractivity contribution in [3.8, 4) is 5.88 Å². The zero-order chi connectivity index (χ0) is 25.9. The molecule has 2 unspecified atom stereocenters. The second-order valence-electron chi connectivity index (χ2n) is 9.17. The molecule has 2 heterocycles. The SMILES string of the molecule is CCc1c(C(C)NS(=O)(=O)c2ccc(Cl)c(Cl)c2)ccnc1OC1=CC(N2CCN(C)CC2)CC=C1. The standard InChI is InChI=1S/C26H32Cl2N4O3S/c1-4-22-23(18(2)30-36(33,34)21-8-9-24(27)25(28)17-21)10-11-29-26(22)35-20-7-5-6-19(16-20)32-14-12-31(3)13-15-32/h5,7-11,16-19,30H,4,6,12-15H2,1-3H3. The number of likely N-dealkylation sites (N-methyl/N-ethyl adjacent to an activating group) is 1. The minimum atomic E-state index is -3.82. The third-order valence-electron chi connectivity index (χ3n) is 6.64. The summed E-state index contributed by atoms with van der Waals surface area (Å²) < 4.78 is 35.0. The number of allylic oxidation sites excluding steroid dienone is 1. The molecule has 194 valence electrons. The maximum Gasteiger partial charge on any atom is 0.241 e. The predicted molar refractivity (Wildman–Crippen MR) is 144 cm³/mol. The van der Waals surface area contributed by atoms with Gasteiger partial charge in [-0.2, -0.15) is 0 Å². The number of hydrogen-bond donors (Lipinski definition) is 1. The van der Waals surface area contributed by atoms with Crippen LogP contribution in [0.5, 0.6) is 5.88 Å². The van der Waals surface area contributed by atoms with Crippen molar-refractivity contribution in [2.45, 2.75) is 43.7 Å². The second kappa shape index (κ2) is 11.6. The summed E-state index contributed by atoms with van der Waals surface area (Å²) in [6.45, 7) is 7.99. The highest BCUT2D eigenvalue weighted by Crippen LogP contribution is 2.30. The van der Waals surface area contributed by atoms with Crippen LogP contribution < -0.4 is 9.46 Å². The van der Waals surface area contributed by atoms with Gasteiger partial charge in [-0.25, -0.2) is 18.1 Å². The van der Waals surface area contributed by atoms with E-state index < -0.39 is 16.1 Å². The number of sulfonamides is 1. The van der Waals surface area contributed by atoms with Crippen LogP contribution in [-0.2, 0) is 16.4 Å². The second-order valence-corrected chi connectivity index (χ2v) is 11.7. The average molecular weight is 552 g/mol. The van der Waals surface area contributed by atoms with Crippen LogP contribution in [0.2, 0.25) is 10.0 Å². The Labute approximate surface area is 223 Å². The molecule has 2 atom stereocenters. The van der Waals surface area contributed by atoms with Crippen molar-refractivity contribution in [2.24, 2.45) is 0 Å². The lowest BCUT2D eigenvalue weighted by Crippen LogP contribution is -2.48. The fraction of sp³-hybridized carbons (Fsp3) is 0.423. The number of halogens is 2. The first-order valence-corrected chi connectivity index (χ1v) is 14.4. The highest BCUT2D eigenvalue weighted by Gasteiger charge is 2.25. The summed E-state index contributed by atoms with van der Waals surface area (Å²) in [5.41, 5.74) is 1.67. The molecule has 7 nitrogen and oxygen atoms in total. The summed E-state index contributed by atoms with van der Waals surface area (Å²) in [6.07, 6.45) is 9.53. The lowest BCUT2D eigenvalue weighted by molar-refractivity contribution is 0.128. The van der Waals surface area contributed by atoms with E-state index in [0.29, 0.717) is 23.4 Å². The lowest BCUT2D eigenvalue weighted by atomic mass is 10.0. The zero-order valence-electron chi connectivity index (χ0n) is 20.7. The van der Waals surface area contributed by atoms with Gasteiger partial charge in [-0.15, -0.1) is 0 Å².